The van der Waals surface area contributed by atoms with Gasteiger partial charge in [0.2, 0.25) is 5.95 Å². The summed E-state index contributed by atoms with van der Waals surface area (Å²) in [6.45, 7) is 0. The van der Waals surface area contributed by atoms with E-state index in [-0.39, 0.29) is 5.41 Å². The number of para-hydroxylation sites is 1. The van der Waals surface area contributed by atoms with E-state index in [1.807, 2.05) is 17.9 Å². The fourth-order valence-corrected chi connectivity index (χ4v) is 5.09. The van der Waals surface area contributed by atoms with E-state index in [0.717, 1.165) is 29.5 Å². The molecule has 3 aromatic heterocycles. The average molecular weight is 421 g/mol. The van der Waals surface area contributed by atoms with Gasteiger partial charge in [-0.25, -0.2) is 9.97 Å². The van der Waals surface area contributed by atoms with Crippen LogP contribution in [0.15, 0.2) is 73.3 Å². The molecule has 5 aromatic rings. The van der Waals surface area contributed by atoms with E-state index in [1.165, 1.54) is 34.1 Å². The SMILES string of the molecule is Cn1cc(-c2[nH]c3ccccc3c2C2(c3ccc(-c4cnc(N)nc4)cc3)CCC2)cn1. The van der Waals surface area contributed by atoms with Gasteiger partial charge in [0, 0.05) is 53.1 Å². The lowest BCUT2D eigenvalue weighted by Gasteiger charge is -2.43. The van der Waals surface area contributed by atoms with Gasteiger partial charge in [-0.05, 0) is 35.6 Å². The van der Waals surface area contributed by atoms with Crippen LogP contribution in [0.2, 0.25) is 0 Å². The first kappa shape index (κ1) is 18.8. The average Bonchev–Trinajstić information content (AvgIpc) is 3.38. The van der Waals surface area contributed by atoms with Gasteiger partial charge in [0.25, 0.3) is 0 Å². The normalized spacial score (nSPS) is 15.0. The second-order valence-corrected chi connectivity index (χ2v) is 8.67. The van der Waals surface area contributed by atoms with Crippen molar-refractivity contribution in [2.75, 3.05) is 5.73 Å². The zero-order valence-corrected chi connectivity index (χ0v) is 17.9. The van der Waals surface area contributed by atoms with Crippen molar-refractivity contribution >= 4 is 16.9 Å². The van der Waals surface area contributed by atoms with E-state index in [9.17, 15) is 0 Å². The summed E-state index contributed by atoms with van der Waals surface area (Å²) in [6.07, 6.45) is 11.1. The quantitative estimate of drug-likeness (QED) is 0.425. The topological polar surface area (TPSA) is 85.4 Å². The summed E-state index contributed by atoms with van der Waals surface area (Å²) < 4.78 is 1.86. The minimum Gasteiger partial charge on any atom is -0.368 e. The van der Waals surface area contributed by atoms with Crippen LogP contribution in [0.4, 0.5) is 5.95 Å². The number of nitrogen functional groups attached to an aromatic ring is 1. The zero-order valence-electron chi connectivity index (χ0n) is 17.9. The smallest absolute Gasteiger partial charge is 0.219 e. The van der Waals surface area contributed by atoms with Crippen LogP contribution in [0, 0.1) is 0 Å². The molecule has 0 radical (unpaired) electrons. The number of aromatic amines is 1. The third kappa shape index (κ3) is 2.83. The van der Waals surface area contributed by atoms with E-state index in [1.54, 1.807) is 12.4 Å². The third-order valence-corrected chi connectivity index (χ3v) is 6.83. The molecule has 6 nitrogen and oxygen atoms in total. The molecule has 3 heterocycles. The van der Waals surface area contributed by atoms with Crippen molar-refractivity contribution in [2.24, 2.45) is 7.05 Å². The van der Waals surface area contributed by atoms with Crippen molar-refractivity contribution in [3.63, 3.8) is 0 Å². The summed E-state index contributed by atoms with van der Waals surface area (Å²) in [4.78, 5) is 12.0. The molecular formula is C26H24N6. The number of nitrogens with zero attached hydrogens (tertiary/aromatic N) is 4. The van der Waals surface area contributed by atoms with Crippen LogP contribution in [0.3, 0.4) is 0 Å². The van der Waals surface area contributed by atoms with E-state index >= 15 is 0 Å². The Hall–Kier alpha value is -3.93. The Morgan fingerprint density at radius 2 is 1.66 bits per heavy atom. The Bertz CT molecular complexity index is 1410. The summed E-state index contributed by atoms with van der Waals surface area (Å²) in [5.41, 5.74) is 13.9. The maximum Gasteiger partial charge on any atom is 0.219 e. The Kier molecular flexibility index (Phi) is 4.15. The predicted molar refractivity (Wildman–Crippen MR) is 127 cm³/mol. The first-order valence-electron chi connectivity index (χ1n) is 10.9. The summed E-state index contributed by atoms with van der Waals surface area (Å²) in [7, 11) is 1.96. The highest BCUT2D eigenvalue weighted by Crippen LogP contribution is 2.54. The molecule has 0 spiro atoms. The van der Waals surface area contributed by atoms with Crippen molar-refractivity contribution in [3.05, 3.63) is 84.4 Å². The van der Waals surface area contributed by atoms with Gasteiger partial charge in [0.05, 0.1) is 11.9 Å². The van der Waals surface area contributed by atoms with Crippen molar-refractivity contribution in [1.29, 1.82) is 0 Å². The number of aromatic nitrogens is 5. The molecule has 6 rings (SSSR count). The molecule has 1 fully saturated rings. The molecule has 158 valence electrons. The molecule has 1 saturated carbocycles. The van der Waals surface area contributed by atoms with E-state index in [2.05, 4.69) is 74.8 Å². The zero-order chi connectivity index (χ0) is 21.7. The molecule has 0 amide bonds. The maximum absolute atomic E-state index is 5.64. The number of fused-ring (bicyclic) bond motifs is 1. The molecule has 32 heavy (non-hydrogen) atoms. The molecule has 6 heteroatoms. The summed E-state index contributed by atoms with van der Waals surface area (Å²) in [5, 5.41) is 5.72. The maximum atomic E-state index is 5.64. The van der Waals surface area contributed by atoms with E-state index in [0.29, 0.717) is 5.95 Å². The second kappa shape index (κ2) is 7.05. The molecule has 0 bridgehead atoms. The number of nitrogens with two attached hydrogens (primary N) is 1. The van der Waals surface area contributed by atoms with Crippen LogP contribution in [0.1, 0.15) is 30.4 Å². The van der Waals surface area contributed by atoms with Crippen LogP contribution in [-0.2, 0) is 12.5 Å². The summed E-state index contributed by atoms with van der Waals surface area (Å²) in [6, 6.07) is 17.5. The molecule has 0 unspecified atom stereocenters. The van der Waals surface area contributed by atoms with Gasteiger partial charge >= 0.3 is 0 Å². The standard InChI is InChI=1S/C26H24N6/c1-32-16-19(15-30-32)24-23(21-5-2-3-6-22(21)31-24)26(11-4-12-26)20-9-7-17(8-10-20)18-13-28-25(27)29-14-18/h2-3,5-10,13-16,31H,4,11-12H2,1H3,(H2,27,28,29). The Labute approximate surface area is 186 Å². The fourth-order valence-electron chi connectivity index (χ4n) is 5.09. The van der Waals surface area contributed by atoms with Gasteiger partial charge < -0.3 is 10.7 Å². The molecular weight excluding hydrogens is 396 g/mol. The first-order valence-corrected chi connectivity index (χ1v) is 10.9. The number of H-pyrrole nitrogens is 1. The number of anilines is 1. The monoisotopic (exact) mass is 420 g/mol. The molecule has 0 saturated heterocycles. The van der Waals surface area contributed by atoms with Crippen LogP contribution < -0.4 is 5.73 Å². The molecule has 0 aliphatic heterocycles. The highest BCUT2D eigenvalue weighted by Gasteiger charge is 2.44. The number of hydrogen-bond donors (Lipinski definition) is 2. The van der Waals surface area contributed by atoms with Gasteiger partial charge in [-0.3, -0.25) is 4.68 Å². The highest BCUT2D eigenvalue weighted by molar-refractivity contribution is 5.93. The molecule has 3 N–H and O–H groups in total. The molecule has 0 atom stereocenters. The highest BCUT2D eigenvalue weighted by atomic mass is 15.2. The van der Waals surface area contributed by atoms with E-state index < -0.39 is 0 Å². The van der Waals surface area contributed by atoms with Gasteiger partial charge in [-0.2, -0.15) is 5.10 Å². The largest absolute Gasteiger partial charge is 0.368 e. The minimum absolute atomic E-state index is 0.0130. The molecule has 2 aromatic carbocycles. The Morgan fingerprint density at radius 3 is 2.31 bits per heavy atom. The summed E-state index contributed by atoms with van der Waals surface area (Å²) >= 11 is 0. The van der Waals surface area contributed by atoms with Crippen molar-refractivity contribution in [2.45, 2.75) is 24.7 Å². The Balaban J connectivity index is 1.50. The lowest BCUT2D eigenvalue weighted by atomic mass is 9.59. The van der Waals surface area contributed by atoms with Gasteiger partial charge in [-0.15, -0.1) is 0 Å². The lowest BCUT2D eigenvalue weighted by Crippen LogP contribution is -2.35. The number of hydrogen-bond acceptors (Lipinski definition) is 4. The number of benzene rings is 2. The fraction of sp³-hybridized carbons (Fsp3) is 0.192. The van der Waals surface area contributed by atoms with Gasteiger partial charge in [0.1, 0.15) is 0 Å². The number of nitrogens with one attached hydrogen (secondary N) is 1. The summed E-state index contributed by atoms with van der Waals surface area (Å²) in [5.74, 6) is 0.293. The lowest BCUT2D eigenvalue weighted by molar-refractivity contribution is 0.304. The van der Waals surface area contributed by atoms with Crippen molar-refractivity contribution in [3.8, 4) is 22.4 Å². The Morgan fingerprint density at radius 1 is 0.906 bits per heavy atom. The van der Waals surface area contributed by atoms with Gasteiger partial charge in [-0.1, -0.05) is 48.9 Å². The van der Waals surface area contributed by atoms with Gasteiger partial charge in [0.15, 0.2) is 0 Å². The van der Waals surface area contributed by atoms with Crippen LogP contribution in [0.25, 0.3) is 33.3 Å². The molecule has 1 aliphatic carbocycles. The predicted octanol–water partition coefficient (Wildman–Crippen LogP) is 5.08. The van der Waals surface area contributed by atoms with Crippen molar-refractivity contribution < 1.29 is 0 Å². The van der Waals surface area contributed by atoms with E-state index in [4.69, 9.17) is 5.73 Å². The molecule has 1 aliphatic rings. The van der Waals surface area contributed by atoms with Crippen LogP contribution in [-0.4, -0.2) is 24.7 Å². The van der Waals surface area contributed by atoms with Crippen LogP contribution >= 0.6 is 0 Å². The third-order valence-electron chi connectivity index (χ3n) is 6.83. The minimum atomic E-state index is -0.0130. The number of rotatable bonds is 4. The van der Waals surface area contributed by atoms with Crippen LogP contribution in [0.5, 0.6) is 0 Å². The number of aryl methyl sites for hydroxylation is 1. The first-order chi connectivity index (χ1) is 15.6. The second-order valence-electron chi connectivity index (χ2n) is 8.67. The van der Waals surface area contributed by atoms with Crippen molar-refractivity contribution in [1.82, 2.24) is 24.7 Å².